The summed E-state index contributed by atoms with van der Waals surface area (Å²) < 4.78 is 12.8. The van der Waals surface area contributed by atoms with Crippen LogP contribution < -0.4 is 0 Å². The second-order valence-corrected chi connectivity index (χ2v) is 3.20. The molecule has 0 saturated heterocycles. The molecule has 2 rings (SSSR count). The van der Waals surface area contributed by atoms with Gasteiger partial charge in [-0.3, -0.25) is 0 Å². The van der Waals surface area contributed by atoms with Crippen LogP contribution in [0.4, 0.5) is 4.39 Å². The molecule has 2 nitrogen and oxygen atoms in total. The van der Waals surface area contributed by atoms with Gasteiger partial charge >= 0.3 is 0 Å². The maximum absolute atomic E-state index is 12.8. The first kappa shape index (κ1) is 8.66. The molecule has 0 radical (unpaired) electrons. The number of rotatable bonds is 0. The SMILES string of the molecule is Fc1ccc2nnc(Cl)c(Cl)c2c1. The van der Waals surface area contributed by atoms with Gasteiger partial charge in [-0.05, 0) is 18.2 Å². The van der Waals surface area contributed by atoms with E-state index in [9.17, 15) is 4.39 Å². The molecule has 0 aliphatic rings. The molecule has 0 fully saturated rings. The highest BCUT2D eigenvalue weighted by atomic mass is 35.5. The number of nitrogens with zero attached hydrogens (tertiary/aromatic N) is 2. The van der Waals surface area contributed by atoms with Crippen molar-refractivity contribution in [1.29, 1.82) is 0 Å². The summed E-state index contributed by atoms with van der Waals surface area (Å²) in [5.41, 5.74) is 0.524. The quantitative estimate of drug-likeness (QED) is 0.677. The van der Waals surface area contributed by atoms with Gasteiger partial charge in [0, 0.05) is 5.39 Å². The van der Waals surface area contributed by atoms with Crippen LogP contribution in [-0.4, -0.2) is 10.2 Å². The molecule has 13 heavy (non-hydrogen) atoms. The molecule has 0 atom stereocenters. The third kappa shape index (κ3) is 1.45. The first-order valence-electron chi connectivity index (χ1n) is 3.45. The molecule has 1 aromatic carbocycles. The van der Waals surface area contributed by atoms with Gasteiger partial charge in [-0.15, -0.1) is 10.2 Å². The Morgan fingerprint density at radius 2 is 1.92 bits per heavy atom. The van der Waals surface area contributed by atoms with Crippen molar-refractivity contribution in [1.82, 2.24) is 10.2 Å². The summed E-state index contributed by atoms with van der Waals surface area (Å²) in [4.78, 5) is 0. The number of aromatic nitrogens is 2. The lowest BCUT2D eigenvalue weighted by atomic mass is 10.2. The van der Waals surface area contributed by atoms with Crippen LogP contribution in [0.2, 0.25) is 10.2 Å². The number of hydrogen-bond acceptors (Lipinski definition) is 2. The van der Waals surface area contributed by atoms with E-state index < -0.39 is 0 Å². The molecule has 0 unspecified atom stereocenters. The van der Waals surface area contributed by atoms with Crippen LogP contribution in [0.5, 0.6) is 0 Å². The van der Waals surface area contributed by atoms with Crippen LogP contribution in [0.15, 0.2) is 18.2 Å². The Morgan fingerprint density at radius 1 is 1.15 bits per heavy atom. The van der Waals surface area contributed by atoms with Crippen molar-refractivity contribution >= 4 is 34.1 Å². The topological polar surface area (TPSA) is 25.8 Å². The minimum atomic E-state index is -0.376. The lowest BCUT2D eigenvalue weighted by Gasteiger charge is -1.99. The maximum Gasteiger partial charge on any atom is 0.170 e. The van der Waals surface area contributed by atoms with Crippen molar-refractivity contribution in [2.75, 3.05) is 0 Å². The molecule has 0 amide bonds. The molecule has 0 aliphatic carbocycles. The highest BCUT2D eigenvalue weighted by Crippen LogP contribution is 2.27. The van der Waals surface area contributed by atoms with Crippen LogP contribution in [0, 0.1) is 5.82 Å². The molecule has 0 bridgehead atoms. The average Bonchev–Trinajstić information content (AvgIpc) is 2.12. The Kier molecular flexibility index (Phi) is 2.06. The van der Waals surface area contributed by atoms with Gasteiger partial charge in [0.15, 0.2) is 5.15 Å². The van der Waals surface area contributed by atoms with Gasteiger partial charge in [0.05, 0.1) is 10.5 Å². The predicted octanol–water partition coefficient (Wildman–Crippen LogP) is 3.08. The van der Waals surface area contributed by atoms with E-state index in [4.69, 9.17) is 23.2 Å². The maximum atomic E-state index is 12.8. The third-order valence-electron chi connectivity index (χ3n) is 1.62. The van der Waals surface area contributed by atoms with Crippen LogP contribution in [0.25, 0.3) is 10.9 Å². The molecule has 0 spiro atoms. The molecule has 0 N–H and O–H groups in total. The lowest BCUT2D eigenvalue weighted by Crippen LogP contribution is -1.87. The van der Waals surface area contributed by atoms with E-state index in [1.165, 1.54) is 18.2 Å². The van der Waals surface area contributed by atoms with Crippen molar-refractivity contribution in [3.8, 4) is 0 Å². The zero-order valence-corrected chi connectivity index (χ0v) is 7.77. The molecular weight excluding hydrogens is 214 g/mol. The Bertz CT molecular complexity index is 468. The summed E-state index contributed by atoms with van der Waals surface area (Å²) in [5, 5.41) is 8.13. The molecule has 0 saturated carbocycles. The van der Waals surface area contributed by atoms with Gasteiger partial charge in [0.25, 0.3) is 0 Å². The van der Waals surface area contributed by atoms with Crippen LogP contribution in [0.3, 0.4) is 0 Å². The van der Waals surface area contributed by atoms with E-state index in [1.807, 2.05) is 0 Å². The Morgan fingerprint density at radius 3 is 2.69 bits per heavy atom. The predicted molar refractivity (Wildman–Crippen MR) is 49.5 cm³/mol. The molecule has 5 heteroatoms. The number of halogens is 3. The fraction of sp³-hybridized carbons (Fsp3) is 0. The summed E-state index contributed by atoms with van der Waals surface area (Å²) in [6.07, 6.45) is 0. The van der Waals surface area contributed by atoms with Crippen molar-refractivity contribution in [2.45, 2.75) is 0 Å². The summed E-state index contributed by atoms with van der Waals surface area (Å²) in [6, 6.07) is 4.07. The summed E-state index contributed by atoms with van der Waals surface area (Å²) in [7, 11) is 0. The summed E-state index contributed by atoms with van der Waals surface area (Å²) in [5.74, 6) is -0.376. The van der Waals surface area contributed by atoms with E-state index >= 15 is 0 Å². The first-order chi connectivity index (χ1) is 6.18. The van der Waals surface area contributed by atoms with Gasteiger partial charge in [0.1, 0.15) is 5.82 Å². The van der Waals surface area contributed by atoms with Crippen LogP contribution in [0.1, 0.15) is 0 Å². The zero-order chi connectivity index (χ0) is 9.42. The van der Waals surface area contributed by atoms with Crippen molar-refractivity contribution < 1.29 is 4.39 Å². The van der Waals surface area contributed by atoms with E-state index in [2.05, 4.69) is 10.2 Å². The van der Waals surface area contributed by atoms with E-state index in [-0.39, 0.29) is 16.0 Å². The fourth-order valence-electron chi connectivity index (χ4n) is 1.02. The Balaban J connectivity index is 2.89. The van der Waals surface area contributed by atoms with E-state index in [0.717, 1.165) is 0 Å². The minimum absolute atomic E-state index is 0.0831. The lowest BCUT2D eigenvalue weighted by molar-refractivity contribution is 0.629. The minimum Gasteiger partial charge on any atom is -0.207 e. The van der Waals surface area contributed by atoms with Gasteiger partial charge < -0.3 is 0 Å². The van der Waals surface area contributed by atoms with Crippen molar-refractivity contribution in [3.63, 3.8) is 0 Å². The second kappa shape index (κ2) is 3.09. The molecule has 1 aromatic heterocycles. The number of fused-ring (bicyclic) bond motifs is 1. The molecule has 0 aliphatic heterocycles. The summed E-state index contributed by atoms with van der Waals surface area (Å²) >= 11 is 11.4. The van der Waals surface area contributed by atoms with E-state index in [1.54, 1.807) is 0 Å². The Hall–Kier alpha value is -0.930. The standard InChI is InChI=1S/C8H3Cl2FN2/c9-7-5-3-4(11)1-2-6(5)12-13-8(7)10/h1-3H. The number of benzene rings is 1. The average molecular weight is 217 g/mol. The van der Waals surface area contributed by atoms with Gasteiger partial charge in [0.2, 0.25) is 0 Å². The number of hydrogen-bond donors (Lipinski definition) is 0. The smallest absolute Gasteiger partial charge is 0.170 e. The normalized spacial score (nSPS) is 10.7. The van der Waals surface area contributed by atoms with Gasteiger partial charge in [-0.1, -0.05) is 23.2 Å². The van der Waals surface area contributed by atoms with Gasteiger partial charge in [-0.2, -0.15) is 0 Å². The summed E-state index contributed by atoms with van der Waals surface area (Å²) in [6.45, 7) is 0. The fourth-order valence-corrected chi connectivity index (χ4v) is 1.35. The molecular formula is C8H3Cl2FN2. The zero-order valence-electron chi connectivity index (χ0n) is 6.26. The first-order valence-corrected chi connectivity index (χ1v) is 4.21. The van der Waals surface area contributed by atoms with E-state index in [0.29, 0.717) is 10.9 Å². The monoisotopic (exact) mass is 216 g/mol. The largest absolute Gasteiger partial charge is 0.207 e. The van der Waals surface area contributed by atoms with Crippen LogP contribution in [-0.2, 0) is 0 Å². The van der Waals surface area contributed by atoms with Crippen LogP contribution >= 0.6 is 23.2 Å². The highest BCUT2D eigenvalue weighted by Gasteiger charge is 2.06. The van der Waals surface area contributed by atoms with Crippen molar-refractivity contribution in [2.24, 2.45) is 0 Å². The van der Waals surface area contributed by atoms with Gasteiger partial charge in [-0.25, -0.2) is 4.39 Å². The third-order valence-corrected chi connectivity index (χ3v) is 2.37. The van der Waals surface area contributed by atoms with Crippen molar-refractivity contribution in [3.05, 3.63) is 34.2 Å². The molecule has 2 aromatic rings. The second-order valence-electron chi connectivity index (χ2n) is 2.47. The molecule has 66 valence electrons. The highest BCUT2D eigenvalue weighted by molar-refractivity contribution is 6.44. The Labute approximate surface area is 83.3 Å². The molecule has 1 heterocycles.